The van der Waals surface area contributed by atoms with E-state index >= 15 is 0 Å². The Hall–Kier alpha value is -2.00. The second kappa shape index (κ2) is 6.86. The molecule has 3 amide bonds. The highest BCUT2D eigenvalue weighted by Gasteiger charge is 2.55. The van der Waals surface area contributed by atoms with E-state index in [2.05, 4.69) is 9.57 Å². The van der Waals surface area contributed by atoms with Gasteiger partial charge in [0.25, 0.3) is 5.91 Å². The molecule has 9 heteroatoms. The van der Waals surface area contributed by atoms with Gasteiger partial charge >= 0.3 is 12.0 Å². The van der Waals surface area contributed by atoms with Crippen molar-refractivity contribution < 1.29 is 23.6 Å². The van der Waals surface area contributed by atoms with Gasteiger partial charge in [-0.05, 0) is 6.92 Å². The summed E-state index contributed by atoms with van der Waals surface area (Å²) in [5, 5.41) is 0. The molecule has 3 rings (SSSR count). The number of likely N-dealkylation sites (N-methyl/N-ethyl adjacent to an activating group) is 2. The Morgan fingerprint density at radius 3 is 2.62 bits per heavy atom. The smallest absolute Gasteiger partial charge is 0.378 e. The van der Waals surface area contributed by atoms with Crippen molar-refractivity contribution in [2.75, 3.05) is 60.2 Å². The molecule has 2 saturated heterocycles. The van der Waals surface area contributed by atoms with E-state index in [0.29, 0.717) is 51.9 Å². The minimum atomic E-state index is -0.573. The second-order valence-electron chi connectivity index (χ2n) is 5.90. The van der Waals surface area contributed by atoms with Crippen LogP contribution < -0.4 is 0 Å². The summed E-state index contributed by atoms with van der Waals surface area (Å²) in [4.78, 5) is 34.1. The van der Waals surface area contributed by atoms with Gasteiger partial charge in [-0.25, -0.2) is 9.69 Å². The van der Waals surface area contributed by atoms with Crippen molar-refractivity contribution in [3.63, 3.8) is 0 Å². The van der Waals surface area contributed by atoms with Crippen LogP contribution in [-0.4, -0.2) is 109 Å². The number of hydrogen-bond acceptors (Lipinski definition) is 4. The standard InChI is InChI=1S/C15H24N5O4/c1-4-23-10-7-20-11-12(17(2)15(22)18(3)13(11)21)16-14(20)19-5-8-24-9-6-19/h11H,4-10H2,1-3H3/q+1. The fourth-order valence-electron chi connectivity index (χ4n) is 3.14. The molecule has 3 aliphatic heterocycles. The van der Waals surface area contributed by atoms with Gasteiger partial charge in [0.1, 0.15) is 0 Å². The predicted molar refractivity (Wildman–Crippen MR) is 86.2 cm³/mol. The number of fused-ring (bicyclic) bond motifs is 1. The van der Waals surface area contributed by atoms with Crippen molar-refractivity contribution in [1.29, 1.82) is 0 Å². The monoisotopic (exact) mass is 338 g/mol. The van der Waals surface area contributed by atoms with Crippen LogP contribution in [0.1, 0.15) is 6.92 Å². The van der Waals surface area contributed by atoms with Gasteiger partial charge in [-0.2, -0.15) is 0 Å². The van der Waals surface area contributed by atoms with Crippen LogP contribution in [0.3, 0.4) is 0 Å². The Labute approximate surface area is 141 Å². The first kappa shape index (κ1) is 16.8. The lowest BCUT2D eigenvalue weighted by molar-refractivity contribution is -0.554. The summed E-state index contributed by atoms with van der Waals surface area (Å²) in [5.41, 5.74) is 0. The summed E-state index contributed by atoms with van der Waals surface area (Å²) in [6, 6.07) is -0.931. The van der Waals surface area contributed by atoms with Crippen molar-refractivity contribution in [3.8, 4) is 0 Å². The summed E-state index contributed by atoms with van der Waals surface area (Å²) >= 11 is 0. The number of carbonyl (C=O) groups excluding carboxylic acids is 2. The lowest BCUT2D eigenvalue weighted by atomic mass is 10.1. The molecule has 3 heterocycles. The van der Waals surface area contributed by atoms with Gasteiger partial charge in [0, 0.05) is 20.7 Å². The minimum absolute atomic E-state index is 0.253. The molecule has 0 radical (unpaired) electrons. The molecule has 0 aromatic heterocycles. The zero-order chi connectivity index (χ0) is 17.3. The molecule has 0 aromatic carbocycles. The molecule has 24 heavy (non-hydrogen) atoms. The lowest BCUT2D eigenvalue weighted by Gasteiger charge is -2.33. The van der Waals surface area contributed by atoms with E-state index in [1.807, 2.05) is 11.8 Å². The Bertz CT molecular complexity index is 595. The second-order valence-corrected chi connectivity index (χ2v) is 5.90. The maximum atomic E-state index is 12.7. The molecule has 0 aliphatic carbocycles. The van der Waals surface area contributed by atoms with E-state index in [-0.39, 0.29) is 11.9 Å². The normalized spacial score (nSPS) is 24.7. The first-order valence-electron chi connectivity index (χ1n) is 8.24. The molecule has 0 spiro atoms. The minimum Gasteiger partial charge on any atom is -0.378 e. The molecule has 132 valence electrons. The third-order valence-corrected chi connectivity index (χ3v) is 4.48. The zero-order valence-electron chi connectivity index (χ0n) is 14.4. The number of rotatable bonds is 4. The van der Waals surface area contributed by atoms with E-state index in [1.165, 1.54) is 11.9 Å². The van der Waals surface area contributed by atoms with Crippen LogP contribution in [0.25, 0.3) is 0 Å². The van der Waals surface area contributed by atoms with Crippen LogP contribution in [0.2, 0.25) is 0 Å². The molecule has 3 aliphatic rings. The summed E-state index contributed by atoms with van der Waals surface area (Å²) in [6.07, 6.45) is 0. The SMILES string of the molecule is CCOCCN1C(=[N+]2CCOCC2)N=C2C1C(=O)N(C)C(=O)N2C. The molecule has 0 bridgehead atoms. The van der Waals surface area contributed by atoms with E-state index in [9.17, 15) is 9.59 Å². The Morgan fingerprint density at radius 1 is 1.25 bits per heavy atom. The molecule has 0 saturated carbocycles. The average Bonchev–Trinajstić information content (AvgIpc) is 2.99. The van der Waals surface area contributed by atoms with E-state index in [0.717, 1.165) is 10.9 Å². The molecule has 2 fully saturated rings. The van der Waals surface area contributed by atoms with Crippen molar-refractivity contribution in [2.24, 2.45) is 4.99 Å². The first-order valence-corrected chi connectivity index (χ1v) is 8.24. The van der Waals surface area contributed by atoms with Crippen molar-refractivity contribution in [1.82, 2.24) is 14.7 Å². The highest BCUT2D eigenvalue weighted by molar-refractivity contribution is 6.25. The number of nitrogens with zero attached hydrogens (tertiary/aromatic N) is 5. The van der Waals surface area contributed by atoms with Crippen LogP contribution in [0.15, 0.2) is 4.99 Å². The van der Waals surface area contributed by atoms with Crippen LogP contribution in [-0.2, 0) is 14.3 Å². The topological polar surface area (TPSA) is 77.7 Å². The van der Waals surface area contributed by atoms with E-state index in [1.54, 1.807) is 7.05 Å². The Balaban J connectivity index is 1.96. The quantitative estimate of drug-likeness (QED) is 0.487. The van der Waals surface area contributed by atoms with Crippen LogP contribution >= 0.6 is 0 Å². The highest BCUT2D eigenvalue weighted by Crippen LogP contribution is 2.22. The van der Waals surface area contributed by atoms with E-state index < -0.39 is 6.04 Å². The Kier molecular flexibility index (Phi) is 4.81. The number of urea groups is 1. The van der Waals surface area contributed by atoms with Crippen LogP contribution in [0.4, 0.5) is 4.79 Å². The van der Waals surface area contributed by atoms with Crippen molar-refractivity contribution in [3.05, 3.63) is 0 Å². The van der Waals surface area contributed by atoms with Crippen LogP contribution in [0, 0.1) is 0 Å². The number of ether oxygens (including phenoxy) is 2. The number of aliphatic imine (C=N–C) groups is 1. The maximum absolute atomic E-state index is 12.7. The van der Waals surface area contributed by atoms with Crippen molar-refractivity contribution in [2.45, 2.75) is 13.0 Å². The molecular weight excluding hydrogens is 314 g/mol. The molecular formula is C15H24N5O4+. The maximum Gasteiger partial charge on any atom is 0.392 e. The average molecular weight is 338 g/mol. The molecule has 1 atom stereocenters. The number of hydrogen-bond donors (Lipinski definition) is 0. The number of amides is 3. The highest BCUT2D eigenvalue weighted by atomic mass is 16.5. The number of morpholine rings is 1. The van der Waals surface area contributed by atoms with Gasteiger partial charge in [0.2, 0.25) is 11.9 Å². The van der Waals surface area contributed by atoms with Gasteiger partial charge in [0.05, 0.1) is 39.5 Å². The van der Waals surface area contributed by atoms with Crippen molar-refractivity contribution >= 4 is 23.7 Å². The molecule has 1 unspecified atom stereocenters. The summed E-state index contributed by atoms with van der Waals surface area (Å²) in [5.74, 6) is 0.957. The Morgan fingerprint density at radius 2 is 1.96 bits per heavy atom. The fraction of sp³-hybridized carbons (Fsp3) is 0.733. The zero-order valence-corrected chi connectivity index (χ0v) is 14.4. The first-order chi connectivity index (χ1) is 11.6. The number of amidine groups is 1. The number of imide groups is 1. The van der Waals surface area contributed by atoms with Crippen LogP contribution in [0.5, 0.6) is 0 Å². The largest absolute Gasteiger partial charge is 0.392 e. The summed E-state index contributed by atoms with van der Waals surface area (Å²) in [6.45, 7) is 6.27. The third kappa shape index (κ3) is 2.78. The summed E-state index contributed by atoms with van der Waals surface area (Å²) in [7, 11) is 3.16. The summed E-state index contributed by atoms with van der Waals surface area (Å²) < 4.78 is 13.0. The number of carbonyl (C=O) groups is 2. The predicted octanol–water partition coefficient (Wildman–Crippen LogP) is -0.972. The lowest BCUT2D eigenvalue weighted by Crippen LogP contribution is -2.63. The third-order valence-electron chi connectivity index (χ3n) is 4.48. The molecule has 0 aromatic rings. The van der Waals surface area contributed by atoms with Gasteiger partial charge in [-0.15, -0.1) is 0 Å². The number of guanidine groups is 1. The van der Waals surface area contributed by atoms with Gasteiger partial charge in [0.15, 0.2) is 0 Å². The molecule has 9 nitrogen and oxygen atoms in total. The molecule has 0 N–H and O–H groups in total. The van der Waals surface area contributed by atoms with Gasteiger partial charge < -0.3 is 9.47 Å². The van der Waals surface area contributed by atoms with E-state index in [4.69, 9.17) is 9.47 Å². The van der Waals surface area contributed by atoms with Gasteiger partial charge in [-0.3, -0.25) is 19.2 Å². The van der Waals surface area contributed by atoms with Gasteiger partial charge in [-0.1, -0.05) is 4.99 Å². The fourth-order valence-corrected chi connectivity index (χ4v) is 3.14.